The highest BCUT2D eigenvalue weighted by Crippen LogP contribution is 2.30. The van der Waals surface area contributed by atoms with E-state index >= 15 is 0 Å². The summed E-state index contributed by atoms with van der Waals surface area (Å²) >= 11 is 5.92. The lowest BCUT2D eigenvalue weighted by atomic mass is 9.98. The summed E-state index contributed by atoms with van der Waals surface area (Å²) in [5.74, 6) is 0.225. The topological polar surface area (TPSA) is 58.6 Å². The molecule has 1 fully saturated rings. The third-order valence-electron chi connectivity index (χ3n) is 3.65. The van der Waals surface area contributed by atoms with Gasteiger partial charge in [-0.2, -0.15) is 0 Å². The number of amides is 1. The molecular weight excluding hydrogens is 266 g/mol. The maximum absolute atomic E-state index is 12.3. The molecule has 1 aliphatic carbocycles. The molecule has 4 nitrogen and oxygen atoms in total. The summed E-state index contributed by atoms with van der Waals surface area (Å²) in [5, 5.41) is 12.9. The monoisotopic (exact) mass is 283 g/mol. The van der Waals surface area contributed by atoms with Gasteiger partial charge in [0.1, 0.15) is 5.75 Å². The van der Waals surface area contributed by atoms with Crippen molar-refractivity contribution < 1.29 is 14.6 Å². The molecule has 1 aromatic carbocycles. The summed E-state index contributed by atoms with van der Waals surface area (Å²) in [6.45, 7) is -0.0401. The summed E-state index contributed by atoms with van der Waals surface area (Å²) in [6.07, 6.45) is 3.65. The van der Waals surface area contributed by atoms with Crippen molar-refractivity contribution in [3.05, 3.63) is 28.8 Å². The lowest BCUT2D eigenvalue weighted by Crippen LogP contribution is -2.49. The van der Waals surface area contributed by atoms with Gasteiger partial charge in [0.2, 0.25) is 0 Å². The number of carbonyl (C=O) groups is 1. The lowest BCUT2D eigenvalue weighted by Gasteiger charge is -2.28. The second-order valence-corrected chi connectivity index (χ2v) is 5.38. The van der Waals surface area contributed by atoms with Crippen molar-refractivity contribution >= 4 is 17.5 Å². The lowest BCUT2D eigenvalue weighted by molar-refractivity contribution is 0.0835. The van der Waals surface area contributed by atoms with Gasteiger partial charge in [0.15, 0.2) is 0 Å². The summed E-state index contributed by atoms with van der Waals surface area (Å²) in [4.78, 5) is 12.3. The highest BCUT2D eigenvalue weighted by Gasteiger charge is 2.35. The predicted octanol–water partition coefficient (Wildman–Crippen LogP) is 2.38. The van der Waals surface area contributed by atoms with Crippen LogP contribution in [0.1, 0.15) is 36.0 Å². The number of carbonyl (C=O) groups excluding carboxylic acids is 1. The van der Waals surface area contributed by atoms with Crippen LogP contribution in [0, 0.1) is 0 Å². The Hall–Kier alpha value is -1.26. The quantitative estimate of drug-likeness (QED) is 0.892. The van der Waals surface area contributed by atoms with Gasteiger partial charge in [0, 0.05) is 5.02 Å². The maximum Gasteiger partial charge on any atom is 0.255 e. The molecule has 104 valence electrons. The highest BCUT2D eigenvalue weighted by molar-refractivity contribution is 6.31. The van der Waals surface area contributed by atoms with Crippen molar-refractivity contribution in [3.8, 4) is 5.75 Å². The molecule has 0 unspecified atom stereocenters. The molecule has 2 rings (SSSR count). The number of benzene rings is 1. The summed E-state index contributed by atoms with van der Waals surface area (Å²) in [7, 11) is 1.51. The van der Waals surface area contributed by atoms with Crippen LogP contribution in [0.15, 0.2) is 18.2 Å². The highest BCUT2D eigenvalue weighted by atomic mass is 35.5. The van der Waals surface area contributed by atoms with Crippen LogP contribution in [0.2, 0.25) is 5.02 Å². The van der Waals surface area contributed by atoms with E-state index in [0.717, 1.165) is 25.7 Å². The Kier molecular flexibility index (Phi) is 4.32. The molecule has 19 heavy (non-hydrogen) atoms. The summed E-state index contributed by atoms with van der Waals surface area (Å²) < 4.78 is 5.17. The van der Waals surface area contributed by atoms with E-state index in [0.29, 0.717) is 16.3 Å². The first kappa shape index (κ1) is 14.2. The van der Waals surface area contributed by atoms with Gasteiger partial charge in [0.25, 0.3) is 5.91 Å². The molecule has 0 saturated heterocycles. The largest absolute Gasteiger partial charge is 0.496 e. The number of aliphatic hydroxyl groups excluding tert-OH is 1. The van der Waals surface area contributed by atoms with Crippen LogP contribution in [0.25, 0.3) is 0 Å². The standard InChI is InChI=1S/C14H18ClNO3/c1-19-12-5-4-10(15)8-11(12)13(18)16-14(9-17)6-2-3-7-14/h4-5,8,17H,2-3,6-7,9H2,1H3,(H,16,18). The summed E-state index contributed by atoms with van der Waals surface area (Å²) in [6, 6.07) is 4.92. The number of nitrogens with one attached hydrogen (secondary N) is 1. The van der Waals surface area contributed by atoms with E-state index in [1.165, 1.54) is 7.11 Å². The van der Waals surface area contributed by atoms with Gasteiger partial charge in [-0.3, -0.25) is 4.79 Å². The zero-order valence-electron chi connectivity index (χ0n) is 10.9. The number of hydrogen-bond acceptors (Lipinski definition) is 3. The normalized spacial score (nSPS) is 17.2. The Balaban J connectivity index is 2.22. The van der Waals surface area contributed by atoms with E-state index in [-0.39, 0.29) is 12.5 Å². The van der Waals surface area contributed by atoms with Crippen LogP contribution < -0.4 is 10.1 Å². The molecule has 0 radical (unpaired) electrons. The molecular formula is C14H18ClNO3. The fourth-order valence-corrected chi connectivity index (χ4v) is 2.71. The number of methoxy groups -OCH3 is 1. The maximum atomic E-state index is 12.3. The molecule has 0 aliphatic heterocycles. The molecule has 0 atom stereocenters. The van der Waals surface area contributed by atoms with E-state index in [2.05, 4.69) is 5.32 Å². The van der Waals surface area contributed by atoms with Gasteiger partial charge >= 0.3 is 0 Å². The second-order valence-electron chi connectivity index (χ2n) is 4.94. The minimum atomic E-state index is -0.496. The van der Waals surface area contributed by atoms with Crippen molar-refractivity contribution in [1.29, 1.82) is 0 Å². The average Bonchev–Trinajstić information content (AvgIpc) is 2.87. The zero-order chi connectivity index (χ0) is 13.9. The Morgan fingerprint density at radius 3 is 2.74 bits per heavy atom. The molecule has 0 bridgehead atoms. The van der Waals surface area contributed by atoms with Crippen molar-refractivity contribution in [1.82, 2.24) is 5.32 Å². The third-order valence-corrected chi connectivity index (χ3v) is 3.88. The average molecular weight is 284 g/mol. The zero-order valence-corrected chi connectivity index (χ0v) is 11.7. The fraction of sp³-hybridized carbons (Fsp3) is 0.500. The first-order valence-corrected chi connectivity index (χ1v) is 6.75. The van der Waals surface area contributed by atoms with Crippen LogP contribution >= 0.6 is 11.6 Å². The molecule has 2 N–H and O–H groups in total. The molecule has 1 amide bonds. The van der Waals surface area contributed by atoms with Crippen molar-refractivity contribution in [2.75, 3.05) is 13.7 Å². The van der Waals surface area contributed by atoms with Gasteiger partial charge in [-0.1, -0.05) is 24.4 Å². The van der Waals surface area contributed by atoms with Crippen molar-refractivity contribution in [2.45, 2.75) is 31.2 Å². The molecule has 0 heterocycles. The van der Waals surface area contributed by atoms with Crippen LogP contribution in [0.3, 0.4) is 0 Å². The van der Waals surface area contributed by atoms with Gasteiger partial charge in [-0.25, -0.2) is 0 Å². The molecule has 0 aromatic heterocycles. The van der Waals surface area contributed by atoms with Crippen LogP contribution in [0.5, 0.6) is 5.75 Å². The smallest absolute Gasteiger partial charge is 0.255 e. The Morgan fingerprint density at radius 1 is 1.47 bits per heavy atom. The van der Waals surface area contributed by atoms with Crippen molar-refractivity contribution in [3.63, 3.8) is 0 Å². The Morgan fingerprint density at radius 2 is 2.16 bits per heavy atom. The number of rotatable bonds is 4. The van der Waals surface area contributed by atoms with Gasteiger partial charge in [0.05, 0.1) is 24.8 Å². The van der Waals surface area contributed by atoms with Crippen molar-refractivity contribution in [2.24, 2.45) is 0 Å². The van der Waals surface area contributed by atoms with E-state index < -0.39 is 5.54 Å². The summed E-state index contributed by atoms with van der Waals surface area (Å²) in [5.41, 5.74) is -0.0977. The first-order chi connectivity index (χ1) is 9.10. The predicted molar refractivity (Wildman–Crippen MR) is 73.8 cm³/mol. The minimum Gasteiger partial charge on any atom is -0.496 e. The number of hydrogen-bond donors (Lipinski definition) is 2. The number of aliphatic hydroxyl groups is 1. The minimum absolute atomic E-state index is 0.0401. The fourth-order valence-electron chi connectivity index (χ4n) is 2.54. The molecule has 1 aromatic rings. The molecule has 5 heteroatoms. The van der Waals surface area contributed by atoms with Gasteiger partial charge in [-0.05, 0) is 31.0 Å². The Labute approximate surface area is 117 Å². The second kappa shape index (κ2) is 5.80. The van der Waals surface area contributed by atoms with E-state index in [4.69, 9.17) is 16.3 Å². The van der Waals surface area contributed by atoms with Crippen LogP contribution in [-0.4, -0.2) is 30.3 Å². The molecule has 1 saturated carbocycles. The van der Waals surface area contributed by atoms with E-state index in [1.54, 1.807) is 18.2 Å². The Bertz CT molecular complexity index is 470. The van der Waals surface area contributed by atoms with E-state index in [9.17, 15) is 9.90 Å². The molecule has 1 aliphatic rings. The number of halogens is 1. The van der Waals surface area contributed by atoms with Gasteiger partial charge in [-0.15, -0.1) is 0 Å². The van der Waals surface area contributed by atoms with E-state index in [1.807, 2.05) is 0 Å². The number of ether oxygens (including phenoxy) is 1. The third kappa shape index (κ3) is 3.01. The SMILES string of the molecule is COc1ccc(Cl)cc1C(=O)NC1(CO)CCCC1. The molecule has 0 spiro atoms. The van der Waals surface area contributed by atoms with Crippen LogP contribution in [-0.2, 0) is 0 Å². The van der Waals surface area contributed by atoms with Gasteiger partial charge < -0.3 is 15.2 Å². The first-order valence-electron chi connectivity index (χ1n) is 6.37. The van der Waals surface area contributed by atoms with Crippen LogP contribution in [0.4, 0.5) is 0 Å².